The normalized spacial score (nSPS) is 19.4. The van der Waals surface area contributed by atoms with Gasteiger partial charge in [0.05, 0.1) is 24.5 Å². The van der Waals surface area contributed by atoms with Crippen molar-refractivity contribution in [3.8, 4) is 0 Å². The SMILES string of the molecule is CCC(C(=O)O)C1(c2ccccc2F)COC1. The third-order valence-corrected chi connectivity index (χ3v) is 3.50. The highest BCUT2D eigenvalue weighted by atomic mass is 19.1. The van der Waals surface area contributed by atoms with Gasteiger partial charge in [0.25, 0.3) is 0 Å². The lowest BCUT2D eigenvalue weighted by molar-refractivity contribution is -0.157. The summed E-state index contributed by atoms with van der Waals surface area (Å²) in [6.07, 6.45) is 0.465. The molecule has 0 bridgehead atoms. The minimum Gasteiger partial charge on any atom is -0.481 e. The average Bonchev–Trinajstić information content (AvgIpc) is 2.24. The highest BCUT2D eigenvalue weighted by molar-refractivity contribution is 5.73. The van der Waals surface area contributed by atoms with Gasteiger partial charge in [-0.05, 0) is 18.1 Å². The number of benzene rings is 1. The molecule has 1 heterocycles. The van der Waals surface area contributed by atoms with Crippen LogP contribution >= 0.6 is 0 Å². The molecule has 0 aliphatic carbocycles. The molecule has 0 amide bonds. The molecule has 1 aromatic rings. The topological polar surface area (TPSA) is 46.5 Å². The third kappa shape index (κ3) is 1.82. The van der Waals surface area contributed by atoms with Crippen LogP contribution in [0.4, 0.5) is 4.39 Å². The van der Waals surface area contributed by atoms with Crippen molar-refractivity contribution in [3.05, 3.63) is 35.6 Å². The zero-order valence-electron chi connectivity index (χ0n) is 9.65. The van der Waals surface area contributed by atoms with Gasteiger partial charge in [-0.2, -0.15) is 0 Å². The maximum Gasteiger partial charge on any atom is 0.307 e. The van der Waals surface area contributed by atoms with Gasteiger partial charge in [-0.1, -0.05) is 25.1 Å². The number of halogens is 1. The Kier molecular flexibility index (Phi) is 3.15. The van der Waals surface area contributed by atoms with E-state index in [-0.39, 0.29) is 19.0 Å². The van der Waals surface area contributed by atoms with E-state index in [2.05, 4.69) is 0 Å². The van der Waals surface area contributed by atoms with Crippen molar-refractivity contribution < 1.29 is 19.0 Å². The Balaban J connectivity index is 2.44. The van der Waals surface area contributed by atoms with Gasteiger partial charge in [-0.15, -0.1) is 0 Å². The van der Waals surface area contributed by atoms with Crippen molar-refractivity contribution in [3.63, 3.8) is 0 Å². The molecule has 2 rings (SSSR count). The van der Waals surface area contributed by atoms with Crippen molar-refractivity contribution in [2.75, 3.05) is 13.2 Å². The molecule has 4 heteroatoms. The zero-order chi connectivity index (χ0) is 12.5. The molecule has 17 heavy (non-hydrogen) atoms. The molecule has 0 aromatic heterocycles. The Bertz CT molecular complexity index is 426. The van der Waals surface area contributed by atoms with E-state index < -0.39 is 17.3 Å². The lowest BCUT2D eigenvalue weighted by Gasteiger charge is -2.45. The number of hydrogen-bond donors (Lipinski definition) is 1. The molecule has 92 valence electrons. The molecule has 1 aromatic carbocycles. The third-order valence-electron chi connectivity index (χ3n) is 3.50. The first kappa shape index (κ1) is 12.0. The summed E-state index contributed by atoms with van der Waals surface area (Å²) in [5.74, 6) is -1.84. The molecule has 0 spiro atoms. The summed E-state index contributed by atoms with van der Waals surface area (Å²) in [7, 11) is 0. The number of aliphatic carboxylic acids is 1. The highest BCUT2D eigenvalue weighted by Gasteiger charge is 2.50. The molecule has 1 atom stereocenters. The number of carboxylic acids is 1. The van der Waals surface area contributed by atoms with Gasteiger partial charge in [0, 0.05) is 0 Å². The van der Waals surface area contributed by atoms with E-state index >= 15 is 0 Å². The van der Waals surface area contributed by atoms with Crippen molar-refractivity contribution in [1.29, 1.82) is 0 Å². The average molecular weight is 238 g/mol. The summed E-state index contributed by atoms with van der Waals surface area (Å²) < 4.78 is 19.0. The minimum absolute atomic E-state index is 0.277. The molecular formula is C13H15FO3. The van der Waals surface area contributed by atoms with Crippen LogP contribution in [0.15, 0.2) is 24.3 Å². The van der Waals surface area contributed by atoms with Crippen molar-refractivity contribution in [2.24, 2.45) is 5.92 Å². The molecule has 1 aliphatic heterocycles. The number of rotatable bonds is 4. The quantitative estimate of drug-likeness (QED) is 0.874. The number of carboxylic acid groups (broad SMARTS) is 1. The first-order chi connectivity index (χ1) is 8.12. The van der Waals surface area contributed by atoms with Crippen LogP contribution in [0.5, 0.6) is 0 Å². The van der Waals surface area contributed by atoms with E-state index in [9.17, 15) is 14.3 Å². The maximum absolute atomic E-state index is 13.8. The molecule has 3 nitrogen and oxygen atoms in total. The summed E-state index contributed by atoms with van der Waals surface area (Å²) >= 11 is 0. The largest absolute Gasteiger partial charge is 0.481 e. The Labute approximate surface area is 99.2 Å². The Hall–Kier alpha value is -1.42. The van der Waals surface area contributed by atoms with Gasteiger partial charge < -0.3 is 9.84 Å². The summed E-state index contributed by atoms with van der Waals surface area (Å²) in [6, 6.07) is 6.36. The fourth-order valence-electron chi connectivity index (χ4n) is 2.53. The number of ether oxygens (including phenoxy) is 1. The fourth-order valence-corrected chi connectivity index (χ4v) is 2.53. The van der Waals surface area contributed by atoms with Gasteiger partial charge in [0.15, 0.2) is 0 Å². The second-order valence-electron chi connectivity index (χ2n) is 4.43. The first-order valence-electron chi connectivity index (χ1n) is 5.67. The maximum atomic E-state index is 13.8. The van der Waals surface area contributed by atoms with Gasteiger partial charge in [-0.25, -0.2) is 4.39 Å². The van der Waals surface area contributed by atoms with Gasteiger partial charge in [0.2, 0.25) is 0 Å². The van der Waals surface area contributed by atoms with Gasteiger partial charge in [0.1, 0.15) is 5.82 Å². The predicted octanol–water partition coefficient (Wildman–Crippen LogP) is 2.20. The second-order valence-corrected chi connectivity index (χ2v) is 4.43. The van der Waals surface area contributed by atoms with Crippen molar-refractivity contribution in [2.45, 2.75) is 18.8 Å². The van der Waals surface area contributed by atoms with Crippen LogP contribution in [0.1, 0.15) is 18.9 Å². The lowest BCUT2D eigenvalue weighted by atomic mass is 9.67. The van der Waals surface area contributed by atoms with E-state index in [4.69, 9.17) is 4.74 Å². The van der Waals surface area contributed by atoms with E-state index in [0.717, 1.165) is 0 Å². The molecular weight excluding hydrogens is 223 g/mol. The van der Waals surface area contributed by atoms with Crippen LogP contribution in [-0.4, -0.2) is 24.3 Å². The summed E-state index contributed by atoms with van der Waals surface area (Å²) in [4.78, 5) is 11.3. The van der Waals surface area contributed by atoms with Crippen LogP contribution in [0, 0.1) is 11.7 Å². The van der Waals surface area contributed by atoms with E-state index in [0.29, 0.717) is 12.0 Å². The Morgan fingerprint density at radius 2 is 2.18 bits per heavy atom. The summed E-state index contributed by atoms with van der Waals surface area (Å²) in [6.45, 7) is 2.36. The first-order valence-corrected chi connectivity index (χ1v) is 5.67. The molecule has 1 saturated heterocycles. The van der Waals surface area contributed by atoms with Crippen LogP contribution in [0.2, 0.25) is 0 Å². The standard InChI is InChI=1S/C13H15FO3/c1-2-9(12(15)16)13(7-17-8-13)10-5-3-4-6-11(10)14/h3-6,9H,2,7-8H2,1H3,(H,15,16). The molecule has 0 radical (unpaired) electrons. The van der Waals surface area contributed by atoms with E-state index in [1.54, 1.807) is 25.1 Å². The highest BCUT2D eigenvalue weighted by Crippen LogP contribution is 2.42. The van der Waals surface area contributed by atoms with Crippen LogP contribution < -0.4 is 0 Å². The molecule has 1 aliphatic rings. The molecule has 1 N–H and O–H groups in total. The molecule has 1 fully saturated rings. The summed E-state index contributed by atoms with van der Waals surface area (Å²) in [5.41, 5.74) is -0.244. The van der Waals surface area contributed by atoms with Crippen LogP contribution in [0.25, 0.3) is 0 Å². The zero-order valence-corrected chi connectivity index (χ0v) is 9.65. The smallest absolute Gasteiger partial charge is 0.307 e. The fraction of sp³-hybridized carbons (Fsp3) is 0.462. The summed E-state index contributed by atoms with van der Waals surface area (Å²) in [5, 5.41) is 9.25. The van der Waals surface area contributed by atoms with E-state index in [1.807, 2.05) is 0 Å². The molecule has 0 saturated carbocycles. The van der Waals surface area contributed by atoms with E-state index in [1.165, 1.54) is 6.07 Å². The Morgan fingerprint density at radius 3 is 2.59 bits per heavy atom. The number of hydrogen-bond acceptors (Lipinski definition) is 2. The van der Waals surface area contributed by atoms with Crippen LogP contribution in [-0.2, 0) is 14.9 Å². The van der Waals surface area contributed by atoms with Crippen molar-refractivity contribution >= 4 is 5.97 Å². The van der Waals surface area contributed by atoms with Gasteiger partial charge in [-0.3, -0.25) is 4.79 Å². The number of carbonyl (C=O) groups is 1. The Morgan fingerprint density at radius 1 is 1.53 bits per heavy atom. The lowest BCUT2D eigenvalue weighted by Crippen LogP contribution is -2.55. The van der Waals surface area contributed by atoms with Crippen molar-refractivity contribution in [1.82, 2.24) is 0 Å². The van der Waals surface area contributed by atoms with Crippen LogP contribution in [0.3, 0.4) is 0 Å². The molecule has 1 unspecified atom stereocenters. The second kappa shape index (κ2) is 4.45. The van der Waals surface area contributed by atoms with Gasteiger partial charge >= 0.3 is 5.97 Å². The predicted molar refractivity (Wildman–Crippen MR) is 60.3 cm³/mol. The monoisotopic (exact) mass is 238 g/mol. The minimum atomic E-state index is -0.890.